The predicted molar refractivity (Wildman–Crippen MR) is 91.7 cm³/mol. The molecule has 5 nitrogen and oxygen atoms in total. The number of carbonyl (C=O) groups is 1. The predicted octanol–water partition coefficient (Wildman–Crippen LogP) is 3.24. The van der Waals surface area contributed by atoms with Crippen LogP contribution in [0.25, 0.3) is 0 Å². The summed E-state index contributed by atoms with van der Waals surface area (Å²) in [6.45, 7) is 7.45. The summed E-state index contributed by atoms with van der Waals surface area (Å²) in [5.41, 5.74) is 7.35. The summed E-state index contributed by atoms with van der Waals surface area (Å²) >= 11 is 0. The van der Waals surface area contributed by atoms with Gasteiger partial charge in [-0.15, -0.1) is 0 Å². The van der Waals surface area contributed by atoms with Gasteiger partial charge in [0.25, 0.3) is 0 Å². The fourth-order valence-electron chi connectivity index (χ4n) is 3.80. The van der Waals surface area contributed by atoms with Gasteiger partial charge in [0.2, 0.25) is 0 Å². The monoisotopic (exact) mass is 328 g/mol. The number of aliphatic carboxylic acids is 1. The van der Waals surface area contributed by atoms with Crippen molar-refractivity contribution >= 4 is 5.97 Å². The van der Waals surface area contributed by atoms with E-state index in [2.05, 4.69) is 11.2 Å². The van der Waals surface area contributed by atoms with Crippen LogP contribution in [0.3, 0.4) is 0 Å². The van der Waals surface area contributed by atoms with Crippen LogP contribution in [0, 0.1) is 20.8 Å². The summed E-state index contributed by atoms with van der Waals surface area (Å²) in [5, 5.41) is 24.0. The van der Waals surface area contributed by atoms with Crippen molar-refractivity contribution in [3.63, 3.8) is 0 Å². The van der Waals surface area contributed by atoms with E-state index in [-0.39, 0.29) is 0 Å². The minimum Gasteiger partial charge on any atom is -0.507 e. The first-order chi connectivity index (χ1) is 11.3. The van der Waals surface area contributed by atoms with Gasteiger partial charge in [-0.3, -0.25) is 4.68 Å². The zero-order valence-electron chi connectivity index (χ0n) is 14.7. The number of fused-ring (bicyclic) bond motifs is 1. The highest BCUT2D eigenvalue weighted by atomic mass is 16.4. The lowest BCUT2D eigenvalue weighted by Gasteiger charge is -2.14. The van der Waals surface area contributed by atoms with E-state index in [0.717, 1.165) is 53.8 Å². The molecule has 24 heavy (non-hydrogen) atoms. The third kappa shape index (κ3) is 2.58. The number of hydrogen-bond acceptors (Lipinski definition) is 3. The third-order valence-corrected chi connectivity index (χ3v) is 5.22. The van der Waals surface area contributed by atoms with Crippen molar-refractivity contribution in [2.75, 3.05) is 0 Å². The number of aromatic hydroxyl groups is 1. The summed E-state index contributed by atoms with van der Waals surface area (Å²) < 4.78 is 1.60. The molecule has 0 bridgehead atoms. The third-order valence-electron chi connectivity index (χ3n) is 5.22. The van der Waals surface area contributed by atoms with Gasteiger partial charge in [-0.05, 0) is 69.2 Å². The van der Waals surface area contributed by atoms with E-state index < -0.39 is 12.0 Å². The maximum Gasteiger partial charge on any atom is 0.328 e. The van der Waals surface area contributed by atoms with Crippen molar-refractivity contribution in [3.8, 4) is 5.75 Å². The second-order valence-electron chi connectivity index (χ2n) is 6.80. The number of phenols is 1. The van der Waals surface area contributed by atoms with Gasteiger partial charge in [-0.1, -0.05) is 6.07 Å². The second-order valence-corrected chi connectivity index (χ2v) is 6.80. The molecule has 1 atom stereocenters. The molecular weight excluding hydrogens is 304 g/mol. The number of benzene rings is 1. The number of aryl methyl sites for hydroxylation is 2. The van der Waals surface area contributed by atoms with Gasteiger partial charge >= 0.3 is 5.97 Å². The number of nitrogens with zero attached hydrogens (tertiary/aromatic N) is 2. The zero-order valence-corrected chi connectivity index (χ0v) is 14.7. The van der Waals surface area contributed by atoms with Gasteiger partial charge in [-0.2, -0.15) is 5.10 Å². The second kappa shape index (κ2) is 5.96. The lowest BCUT2D eigenvalue weighted by Crippen LogP contribution is -2.18. The smallest absolute Gasteiger partial charge is 0.328 e. The van der Waals surface area contributed by atoms with E-state index in [9.17, 15) is 15.0 Å². The molecule has 1 heterocycles. The first-order valence-corrected chi connectivity index (χ1v) is 8.41. The van der Waals surface area contributed by atoms with Gasteiger partial charge in [0.15, 0.2) is 0 Å². The lowest BCUT2D eigenvalue weighted by atomic mass is 9.93. The molecule has 1 aliphatic carbocycles. The molecule has 0 radical (unpaired) electrons. The number of aromatic nitrogens is 2. The largest absolute Gasteiger partial charge is 0.507 e. The summed E-state index contributed by atoms with van der Waals surface area (Å²) in [4.78, 5) is 11.3. The van der Waals surface area contributed by atoms with Gasteiger partial charge in [-0.25, -0.2) is 4.79 Å². The molecule has 2 N–H and O–H groups in total. The summed E-state index contributed by atoms with van der Waals surface area (Å²) in [6.07, 6.45) is 3.74. The Morgan fingerprint density at radius 2 is 1.96 bits per heavy atom. The van der Waals surface area contributed by atoms with E-state index in [4.69, 9.17) is 0 Å². The Balaban J connectivity index is 2.03. The van der Waals surface area contributed by atoms with E-state index in [1.54, 1.807) is 11.6 Å². The van der Waals surface area contributed by atoms with Crippen LogP contribution < -0.4 is 0 Å². The van der Waals surface area contributed by atoms with Crippen molar-refractivity contribution in [3.05, 3.63) is 45.3 Å². The number of phenolic OH excluding ortho intramolecular Hbond substituents is 1. The molecule has 0 fully saturated rings. The number of carboxylic acids is 1. The van der Waals surface area contributed by atoms with Crippen molar-refractivity contribution in [1.29, 1.82) is 0 Å². The molecule has 3 rings (SSSR count). The molecule has 0 spiro atoms. The molecule has 2 aromatic rings. The number of carboxylic acid groups (broad SMARTS) is 1. The van der Waals surface area contributed by atoms with Crippen molar-refractivity contribution in [1.82, 2.24) is 9.78 Å². The van der Waals surface area contributed by atoms with Crippen LogP contribution in [0.2, 0.25) is 0 Å². The van der Waals surface area contributed by atoms with Gasteiger partial charge in [0.1, 0.15) is 11.8 Å². The molecule has 1 aromatic carbocycles. The van der Waals surface area contributed by atoms with Crippen molar-refractivity contribution < 1.29 is 15.0 Å². The van der Waals surface area contributed by atoms with E-state index in [0.29, 0.717) is 5.75 Å². The van der Waals surface area contributed by atoms with Gasteiger partial charge < -0.3 is 10.2 Å². The van der Waals surface area contributed by atoms with Gasteiger partial charge in [0.05, 0.1) is 5.69 Å². The first kappa shape index (κ1) is 16.6. The summed E-state index contributed by atoms with van der Waals surface area (Å²) in [5.74, 6) is -0.441. The Morgan fingerprint density at radius 3 is 2.62 bits per heavy atom. The van der Waals surface area contributed by atoms with Crippen LogP contribution in [-0.2, 0) is 24.1 Å². The Bertz CT molecular complexity index is 821. The van der Waals surface area contributed by atoms with Crippen LogP contribution >= 0.6 is 0 Å². The maximum atomic E-state index is 11.3. The Kier molecular flexibility index (Phi) is 4.11. The molecule has 128 valence electrons. The summed E-state index contributed by atoms with van der Waals surface area (Å²) in [7, 11) is 0. The van der Waals surface area contributed by atoms with E-state index in [1.165, 1.54) is 11.1 Å². The highest BCUT2D eigenvalue weighted by Crippen LogP contribution is 2.36. The lowest BCUT2D eigenvalue weighted by molar-refractivity contribution is -0.140. The molecule has 1 aromatic heterocycles. The minimum absolute atomic E-state index is 0.440. The van der Waals surface area contributed by atoms with Crippen LogP contribution in [0.15, 0.2) is 6.07 Å². The average Bonchev–Trinajstić information content (AvgIpc) is 3.12. The minimum atomic E-state index is -0.881. The Morgan fingerprint density at radius 1 is 1.29 bits per heavy atom. The highest BCUT2D eigenvalue weighted by Gasteiger charge is 2.24. The van der Waals surface area contributed by atoms with Crippen LogP contribution in [0.4, 0.5) is 0 Å². The molecule has 1 aliphatic rings. The topological polar surface area (TPSA) is 75.4 Å². The molecular formula is C19H24N2O3. The van der Waals surface area contributed by atoms with Gasteiger partial charge in [0, 0.05) is 17.7 Å². The summed E-state index contributed by atoms with van der Waals surface area (Å²) in [6, 6.07) is 1.39. The molecule has 0 saturated carbocycles. The van der Waals surface area contributed by atoms with Crippen molar-refractivity contribution in [2.45, 2.75) is 59.4 Å². The Labute approximate surface area is 141 Å². The fraction of sp³-hybridized carbons (Fsp3) is 0.474. The van der Waals surface area contributed by atoms with Crippen LogP contribution in [-0.4, -0.2) is 26.0 Å². The van der Waals surface area contributed by atoms with Crippen LogP contribution in [0.1, 0.15) is 58.6 Å². The zero-order chi connectivity index (χ0) is 17.6. The quantitative estimate of drug-likeness (QED) is 0.903. The van der Waals surface area contributed by atoms with Crippen molar-refractivity contribution in [2.24, 2.45) is 0 Å². The normalized spacial score (nSPS) is 14.7. The SMILES string of the molecule is Cc1cc(Cc2c(C)nn(C(C)C(=O)O)c2C)c2c(c1O)CCC2. The highest BCUT2D eigenvalue weighted by molar-refractivity contribution is 5.71. The number of hydrogen-bond donors (Lipinski definition) is 2. The standard InChI is InChI=1S/C19H24N2O3/c1-10-8-14(15-6-5-7-16(15)18(10)22)9-17-11(2)20-21(12(17)3)13(4)19(23)24/h8,13,22H,5-7,9H2,1-4H3,(H,23,24). The fourth-order valence-corrected chi connectivity index (χ4v) is 3.80. The number of rotatable bonds is 4. The van der Waals surface area contributed by atoms with Crippen LogP contribution in [0.5, 0.6) is 5.75 Å². The Hall–Kier alpha value is -2.30. The first-order valence-electron chi connectivity index (χ1n) is 8.41. The molecule has 5 heteroatoms. The average molecular weight is 328 g/mol. The molecule has 0 saturated heterocycles. The van der Waals surface area contributed by atoms with E-state index >= 15 is 0 Å². The maximum absolute atomic E-state index is 11.3. The molecule has 0 amide bonds. The molecule has 1 unspecified atom stereocenters. The molecule has 0 aliphatic heterocycles. The van der Waals surface area contributed by atoms with E-state index in [1.807, 2.05) is 20.8 Å².